The lowest BCUT2D eigenvalue weighted by molar-refractivity contribution is -0.143. The second kappa shape index (κ2) is 12.2. The number of ether oxygens (including phenoxy) is 2. The van der Waals surface area contributed by atoms with E-state index in [4.69, 9.17) is 21.1 Å². The summed E-state index contributed by atoms with van der Waals surface area (Å²) >= 11 is 5.90. The maximum Gasteiger partial charge on any atom is 0.261 e. The third-order valence-electron chi connectivity index (χ3n) is 5.05. The predicted molar refractivity (Wildman–Crippen MR) is 122 cm³/mol. The number of rotatable bonds is 11. The van der Waals surface area contributed by atoms with E-state index in [9.17, 15) is 9.59 Å². The Hall–Kier alpha value is -2.73. The average molecular weight is 447 g/mol. The Morgan fingerprint density at radius 2 is 1.77 bits per heavy atom. The van der Waals surface area contributed by atoms with Crippen LogP contribution in [0.25, 0.3) is 0 Å². The van der Waals surface area contributed by atoms with Crippen LogP contribution in [0.5, 0.6) is 11.5 Å². The molecule has 2 aromatic carbocycles. The Kier molecular flexibility index (Phi) is 9.66. The summed E-state index contributed by atoms with van der Waals surface area (Å²) in [4.78, 5) is 27.7. The number of halogens is 1. The number of amides is 2. The van der Waals surface area contributed by atoms with Crippen LogP contribution in [0.1, 0.15) is 39.2 Å². The Bertz CT molecular complexity index is 857. The fourth-order valence-corrected chi connectivity index (χ4v) is 3.21. The van der Waals surface area contributed by atoms with Crippen molar-refractivity contribution < 1.29 is 19.1 Å². The first-order valence-electron chi connectivity index (χ1n) is 10.5. The highest BCUT2D eigenvalue weighted by Gasteiger charge is 2.29. The van der Waals surface area contributed by atoms with Crippen molar-refractivity contribution in [2.75, 3.05) is 13.7 Å². The first kappa shape index (κ1) is 24.5. The number of benzene rings is 2. The van der Waals surface area contributed by atoms with Crippen molar-refractivity contribution in [2.45, 2.75) is 52.2 Å². The topological polar surface area (TPSA) is 67.9 Å². The molecule has 0 aliphatic carbocycles. The van der Waals surface area contributed by atoms with Crippen molar-refractivity contribution in [3.63, 3.8) is 0 Å². The van der Waals surface area contributed by atoms with E-state index in [0.717, 1.165) is 12.0 Å². The monoisotopic (exact) mass is 446 g/mol. The molecule has 2 aromatic rings. The molecule has 2 rings (SSSR count). The third kappa shape index (κ3) is 7.47. The molecule has 0 saturated heterocycles. The summed E-state index contributed by atoms with van der Waals surface area (Å²) in [6, 6.07) is 13.7. The molecule has 0 heterocycles. The normalized spacial score (nSPS) is 12.5. The van der Waals surface area contributed by atoms with Gasteiger partial charge in [-0.05, 0) is 61.7 Å². The molecule has 1 N–H and O–H groups in total. The van der Waals surface area contributed by atoms with Gasteiger partial charge in [-0.25, -0.2) is 0 Å². The molecule has 168 valence electrons. The lowest BCUT2D eigenvalue weighted by Crippen LogP contribution is -2.51. The maximum absolute atomic E-state index is 13.2. The molecule has 7 heteroatoms. The summed E-state index contributed by atoms with van der Waals surface area (Å²) in [5.41, 5.74) is 0.869. The van der Waals surface area contributed by atoms with E-state index in [1.165, 1.54) is 0 Å². The zero-order chi connectivity index (χ0) is 22.8. The molecule has 0 aliphatic rings. The zero-order valence-electron chi connectivity index (χ0n) is 18.6. The second-order valence-corrected chi connectivity index (χ2v) is 7.79. The largest absolute Gasteiger partial charge is 0.497 e. The summed E-state index contributed by atoms with van der Waals surface area (Å²) in [5, 5.41) is 3.58. The lowest BCUT2D eigenvalue weighted by atomic mass is 10.1. The maximum atomic E-state index is 13.2. The fourth-order valence-electron chi connectivity index (χ4n) is 3.09. The van der Waals surface area contributed by atoms with Crippen molar-refractivity contribution in [1.29, 1.82) is 0 Å². The predicted octanol–water partition coefficient (Wildman–Crippen LogP) is 4.45. The molecule has 0 unspecified atom stereocenters. The summed E-state index contributed by atoms with van der Waals surface area (Å²) in [6.07, 6.45) is 1.30. The minimum Gasteiger partial charge on any atom is -0.497 e. The Morgan fingerprint density at radius 3 is 2.39 bits per heavy atom. The van der Waals surface area contributed by atoms with E-state index in [1.807, 2.05) is 45.0 Å². The van der Waals surface area contributed by atoms with Gasteiger partial charge in [-0.15, -0.1) is 0 Å². The number of carbonyl (C=O) groups is 2. The van der Waals surface area contributed by atoms with Gasteiger partial charge in [-0.3, -0.25) is 9.59 Å². The van der Waals surface area contributed by atoms with E-state index >= 15 is 0 Å². The quantitative estimate of drug-likeness (QED) is 0.553. The van der Waals surface area contributed by atoms with E-state index in [0.29, 0.717) is 22.9 Å². The van der Waals surface area contributed by atoms with Gasteiger partial charge in [0.1, 0.15) is 17.5 Å². The van der Waals surface area contributed by atoms with Gasteiger partial charge in [0.25, 0.3) is 5.91 Å². The summed E-state index contributed by atoms with van der Waals surface area (Å²) in [5.74, 6) is 0.791. The molecular formula is C24H31ClN2O4. The van der Waals surface area contributed by atoms with Crippen molar-refractivity contribution >= 4 is 23.4 Å². The van der Waals surface area contributed by atoms with Crippen molar-refractivity contribution in [1.82, 2.24) is 10.2 Å². The molecule has 31 heavy (non-hydrogen) atoms. The Morgan fingerprint density at radius 1 is 1.06 bits per heavy atom. The van der Waals surface area contributed by atoms with E-state index in [-0.39, 0.29) is 31.0 Å². The first-order chi connectivity index (χ1) is 14.9. The number of nitrogens with zero attached hydrogens (tertiary/aromatic N) is 1. The standard InChI is InChI=1S/C24H31ClN2O4/c1-5-17(3)26-24(29)22(6-2)27(15-18-8-7-9-21(14-18)30-4)23(28)16-31-20-12-10-19(25)11-13-20/h7-14,17,22H,5-6,15-16H2,1-4H3,(H,26,29)/t17-,22+/m0/s1. The molecule has 6 nitrogen and oxygen atoms in total. The Labute approximate surface area is 189 Å². The molecule has 0 saturated carbocycles. The van der Waals surface area contributed by atoms with Crippen LogP contribution in [0.15, 0.2) is 48.5 Å². The van der Waals surface area contributed by atoms with Crippen molar-refractivity contribution in [2.24, 2.45) is 0 Å². The van der Waals surface area contributed by atoms with Crippen LogP contribution in [0.3, 0.4) is 0 Å². The van der Waals surface area contributed by atoms with Crippen LogP contribution in [0.4, 0.5) is 0 Å². The Balaban J connectivity index is 2.22. The average Bonchev–Trinajstić information content (AvgIpc) is 2.78. The van der Waals surface area contributed by atoms with Gasteiger partial charge in [-0.2, -0.15) is 0 Å². The minimum absolute atomic E-state index is 0.0284. The van der Waals surface area contributed by atoms with Crippen LogP contribution in [0, 0.1) is 0 Å². The second-order valence-electron chi connectivity index (χ2n) is 7.36. The van der Waals surface area contributed by atoms with Gasteiger partial charge in [0, 0.05) is 17.6 Å². The number of hydrogen-bond acceptors (Lipinski definition) is 4. The molecular weight excluding hydrogens is 416 g/mol. The van der Waals surface area contributed by atoms with Gasteiger partial charge in [0.15, 0.2) is 6.61 Å². The molecule has 0 spiro atoms. The molecule has 0 aromatic heterocycles. The highest BCUT2D eigenvalue weighted by molar-refractivity contribution is 6.30. The smallest absolute Gasteiger partial charge is 0.261 e. The first-order valence-corrected chi connectivity index (χ1v) is 10.9. The molecule has 0 bridgehead atoms. The SMILES string of the molecule is CC[C@H](C(=O)N[C@@H](C)CC)N(Cc1cccc(OC)c1)C(=O)COc1ccc(Cl)cc1. The van der Waals surface area contributed by atoms with E-state index < -0.39 is 6.04 Å². The number of methoxy groups -OCH3 is 1. The van der Waals surface area contributed by atoms with Crippen LogP contribution < -0.4 is 14.8 Å². The lowest BCUT2D eigenvalue weighted by Gasteiger charge is -2.31. The molecule has 0 radical (unpaired) electrons. The van der Waals surface area contributed by atoms with Crippen LogP contribution in [-0.4, -0.2) is 42.5 Å². The van der Waals surface area contributed by atoms with Crippen LogP contribution in [0.2, 0.25) is 5.02 Å². The van der Waals surface area contributed by atoms with Gasteiger partial charge in [-0.1, -0.05) is 37.6 Å². The van der Waals surface area contributed by atoms with Gasteiger partial charge < -0.3 is 19.7 Å². The highest BCUT2D eigenvalue weighted by Crippen LogP contribution is 2.19. The summed E-state index contributed by atoms with van der Waals surface area (Å²) in [7, 11) is 1.59. The minimum atomic E-state index is -0.610. The van der Waals surface area contributed by atoms with Crippen LogP contribution >= 0.6 is 11.6 Å². The van der Waals surface area contributed by atoms with Gasteiger partial charge in [0.05, 0.1) is 7.11 Å². The molecule has 0 fully saturated rings. The molecule has 2 atom stereocenters. The summed E-state index contributed by atoms with van der Waals surface area (Å²) in [6.45, 7) is 5.94. The van der Waals surface area contributed by atoms with Crippen molar-refractivity contribution in [3.8, 4) is 11.5 Å². The molecule has 0 aliphatic heterocycles. The van der Waals surface area contributed by atoms with Crippen LogP contribution in [-0.2, 0) is 16.1 Å². The van der Waals surface area contributed by atoms with E-state index in [2.05, 4.69) is 5.32 Å². The molecule has 2 amide bonds. The third-order valence-corrected chi connectivity index (χ3v) is 5.30. The fraction of sp³-hybridized carbons (Fsp3) is 0.417. The summed E-state index contributed by atoms with van der Waals surface area (Å²) < 4.78 is 11.0. The van der Waals surface area contributed by atoms with E-state index in [1.54, 1.807) is 36.3 Å². The van der Waals surface area contributed by atoms with Crippen molar-refractivity contribution in [3.05, 3.63) is 59.1 Å². The number of carbonyl (C=O) groups excluding carboxylic acids is 2. The number of hydrogen-bond donors (Lipinski definition) is 1. The highest BCUT2D eigenvalue weighted by atomic mass is 35.5. The number of nitrogens with one attached hydrogen (secondary N) is 1. The van der Waals surface area contributed by atoms with Gasteiger partial charge >= 0.3 is 0 Å². The zero-order valence-corrected chi connectivity index (χ0v) is 19.3. The van der Waals surface area contributed by atoms with Gasteiger partial charge in [0.2, 0.25) is 5.91 Å².